The number of hydrogen-bond donors (Lipinski definition) is 1. The maximum absolute atomic E-state index is 13.0. The molecule has 0 saturated heterocycles. The molecule has 0 fully saturated rings. The summed E-state index contributed by atoms with van der Waals surface area (Å²) in [6.07, 6.45) is -4.55. The van der Waals surface area contributed by atoms with Crippen molar-refractivity contribution in [1.29, 1.82) is 0 Å². The Bertz CT molecular complexity index is 1080. The van der Waals surface area contributed by atoms with E-state index in [0.717, 1.165) is 23.8 Å². The van der Waals surface area contributed by atoms with Gasteiger partial charge in [-0.05, 0) is 55.5 Å². The first-order chi connectivity index (χ1) is 14.7. The van der Waals surface area contributed by atoms with Crippen molar-refractivity contribution in [3.8, 4) is 11.5 Å². The lowest BCUT2D eigenvalue weighted by Crippen LogP contribution is -2.14. The van der Waals surface area contributed by atoms with Crippen molar-refractivity contribution in [2.45, 2.75) is 19.7 Å². The highest BCUT2D eigenvalue weighted by molar-refractivity contribution is 6.34. The number of hydrogen-bond acceptors (Lipinski definition) is 3. The third-order valence-corrected chi connectivity index (χ3v) is 4.83. The molecule has 1 amide bonds. The molecule has 31 heavy (non-hydrogen) atoms. The number of rotatable bonds is 6. The van der Waals surface area contributed by atoms with Crippen LogP contribution >= 0.6 is 11.6 Å². The van der Waals surface area contributed by atoms with Crippen molar-refractivity contribution in [3.05, 3.63) is 87.9 Å². The van der Waals surface area contributed by atoms with Gasteiger partial charge in [0.1, 0.15) is 18.1 Å². The van der Waals surface area contributed by atoms with Gasteiger partial charge in [0.15, 0.2) is 0 Å². The van der Waals surface area contributed by atoms with Gasteiger partial charge in [0.2, 0.25) is 0 Å². The van der Waals surface area contributed by atoms with Crippen LogP contribution in [0.5, 0.6) is 11.5 Å². The van der Waals surface area contributed by atoms with Crippen LogP contribution in [0.15, 0.2) is 60.7 Å². The third-order valence-electron chi connectivity index (χ3n) is 4.50. The minimum absolute atomic E-state index is 0.00205. The Balaban J connectivity index is 1.80. The van der Waals surface area contributed by atoms with Gasteiger partial charge in [0.25, 0.3) is 5.91 Å². The fourth-order valence-corrected chi connectivity index (χ4v) is 2.98. The van der Waals surface area contributed by atoms with Crippen LogP contribution in [0.2, 0.25) is 5.02 Å². The molecule has 0 saturated carbocycles. The second-order valence-corrected chi connectivity index (χ2v) is 7.18. The Morgan fingerprint density at radius 1 is 1.03 bits per heavy atom. The average molecular weight is 450 g/mol. The second kappa shape index (κ2) is 9.31. The average Bonchev–Trinajstić information content (AvgIpc) is 2.73. The van der Waals surface area contributed by atoms with Crippen LogP contribution in [0.1, 0.15) is 27.0 Å². The van der Waals surface area contributed by atoms with Crippen LogP contribution in [-0.4, -0.2) is 13.0 Å². The SMILES string of the molecule is COc1ccc(C(=O)Nc2cc(C(F)(F)F)ccc2Cl)cc1COc1ccc(C)cc1. The van der Waals surface area contributed by atoms with Crippen LogP contribution in [0.3, 0.4) is 0 Å². The minimum Gasteiger partial charge on any atom is -0.496 e. The second-order valence-electron chi connectivity index (χ2n) is 6.77. The molecular formula is C23H19ClF3NO3. The molecule has 0 radical (unpaired) electrons. The molecular weight excluding hydrogens is 431 g/mol. The molecule has 162 valence electrons. The number of amides is 1. The smallest absolute Gasteiger partial charge is 0.416 e. The maximum Gasteiger partial charge on any atom is 0.416 e. The zero-order valence-electron chi connectivity index (χ0n) is 16.7. The summed E-state index contributed by atoms with van der Waals surface area (Å²) in [6, 6.07) is 14.9. The van der Waals surface area contributed by atoms with Gasteiger partial charge in [-0.15, -0.1) is 0 Å². The first kappa shape index (κ1) is 22.5. The van der Waals surface area contributed by atoms with Gasteiger partial charge in [-0.2, -0.15) is 13.2 Å². The summed E-state index contributed by atoms with van der Waals surface area (Å²) in [4.78, 5) is 12.7. The molecule has 0 atom stereocenters. The molecule has 1 N–H and O–H groups in total. The Morgan fingerprint density at radius 3 is 2.39 bits per heavy atom. The van der Waals surface area contributed by atoms with Crippen molar-refractivity contribution in [3.63, 3.8) is 0 Å². The summed E-state index contributed by atoms with van der Waals surface area (Å²) in [5.41, 5.74) is 0.878. The van der Waals surface area contributed by atoms with Gasteiger partial charge in [0.05, 0.1) is 23.4 Å². The Kier molecular flexibility index (Phi) is 6.75. The lowest BCUT2D eigenvalue weighted by Gasteiger charge is -2.14. The van der Waals surface area contributed by atoms with E-state index in [2.05, 4.69) is 5.32 Å². The zero-order chi connectivity index (χ0) is 22.6. The lowest BCUT2D eigenvalue weighted by molar-refractivity contribution is -0.137. The van der Waals surface area contributed by atoms with E-state index in [-0.39, 0.29) is 22.9 Å². The number of carbonyl (C=O) groups is 1. The van der Waals surface area contributed by atoms with Crippen molar-refractivity contribution >= 4 is 23.2 Å². The molecule has 3 aromatic carbocycles. The van der Waals surface area contributed by atoms with Crippen molar-refractivity contribution in [2.24, 2.45) is 0 Å². The van der Waals surface area contributed by atoms with Gasteiger partial charge in [-0.25, -0.2) is 0 Å². The Morgan fingerprint density at radius 2 is 1.74 bits per heavy atom. The summed E-state index contributed by atoms with van der Waals surface area (Å²) in [6.45, 7) is 2.10. The predicted molar refractivity (Wildman–Crippen MR) is 113 cm³/mol. The first-order valence-electron chi connectivity index (χ1n) is 9.22. The Hall–Kier alpha value is -3.19. The predicted octanol–water partition coefficient (Wildman–Crippen LogP) is 6.51. The van der Waals surface area contributed by atoms with E-state index < -0.39 is 17.6 Å². The zero-order valence-corrected chi connectivity index (χ0v) is 17.5. The standard InChI is InChI=1S/C23H19ClF3NO3/c1-14-3-7-18(8-4-14)31-13-16-11-15(5-10-21(16)30-2)22(29)28-20-12-17(23(25,26)27)6-9-19(20)24/h3-12H,13H2,1-2H3,(H,28,29). The summed E-state index contributed by atoms with van der Waals surface area (Å²) >= 11 is 5.96. The van der Waals surface area contributed by atoms with Crippen LogP contribution < -0.4 is 14.8 Å². The fourth-order valence-electron chi connectivity index (χ4n) is 2.82. The maximum atomic E-state index is 13.0. The highest BCUT2D eigenvalue weighted by Gasteiger charge is 2.31. The summed E-state index contributed by atoms with van der Waals surface area (Å²) in [5.74, 6) is 0.555. The number of carbonyl (C=O) groups excluding carboxylic acids is 1. The van der Waals surface area contributed by atoms with Gasteiger partial charge in [-0.3, -0.25) is 4.79 Å². The van der Waals surface area contributed by atoms with Crippen LogP contribution in [0, 0.1) is 6.92 Å². The van der Waals surface area contributed by atoms with E-state index in [0.29, 0.717) is 17.1 Å². The molecule has 0 heterocycles. The Labute approximate surface area is 182 Å². The van der Waals surface area contributed by atoms with E-state index in [9.17, 15) is 18.0 Å². The number of anilines is 1. The molecule has 0 aromatic heterocycles. The molecule has 3 rings (SSSR count). The molecule has 0 spiro atoms. The van der Waals surface area contributed by atoms with Gasteiger partial charge in [0, 0.05) is 11.1 Å². The van der Waals surface area contributed by atoms with E-state index in [1.165, 1.54) is 13.2 Å². The number of nitrogens with one attached hydrogen (secondary N) is 1. The summed E-state index contributed by atoms with van der Waals surface area (Å²) < 4.78 is 50.0. The quantitative estimate of drug-likeness (QED) is 0.467. The topological polar surface area (TPSA) is 47.6 Å². The van der Waals surface area contributed by atoms with Gasteiger partial charge in [-0.1, -0.05) is 29.3 Å². The van der Waals surface area contributed by atoms with E-state index in [1.807, 2.05) is 31.2 Å². The lowest BCUT2D eigenvalue weighted by atomic mass is 10.1. The van der Waals surface area contributed by atoms with Gasteiger partial charge >= 0.3 is 6.18 Å². The largest absolute Gasteiger partial charge is 0.496 e. The molecule has 0 aliphatic carbocycles. The van der Waals surface area contributed by atoms with E-state index >= 15 is 0 Å². The minimum atomic E-state index is -4.55. The fraction of sp³-hybridized carbons (Fsp3) is 0.174. The molecule has 0 aliphatic heterocycles. The molecule has 4 nitrogen and oxygen atoms in total. The highest BCUT2D eigenvalue weighted by atomic mass is 35.5. The molecule has 0 aliphatic rings. The normalized spacial score (nSPS) is 11.2. The van der Waals surface area contributed by atoms with E-state index in [4.69, 9.17) is 21.1 Å². The number of methoxy groups -OCH3 is 1. The molecule has 0 bridgehead atoms. The van der Waals surface area contributed by atoms with Crippen molar-refractivity contribution < 1.29 is 27.4 Å². The molecule has 0 unspecified atom stereocenters. The van der Waals surface area contributed by atoms with Crippen LogP contribution in [0.4, 0.5) is 18.9 Å². The summed E-state index contributed by atoms with van der Waals surface area (Å²) in [5, 5.41) is 2.43. The number of halogens is 4. The van der Waals surface area contributed by atoms with Gasteiger partial charge < -0.3 is 14.8 Å². The molecule has 8 heteroatoms. The number of aryl methyl sites for hydroxylation is 1. The van der Waals surface area contributed by atoms with Crippen LogP contribution in [0.25, 0.3) is 0 Å². The third kappa shape index (κ3) is 5.70. The van der Waals surface area contributed by atoms with Crippen LogP contribution in [-0.2, 0) is 12.8 Å². The number of benzene rings is 3. The summed E-state index contributed by atoms with van der Waals surface area (Å²) in [7, 11) is 1.49. The van der Waals surface area contributed by atoms with Crippen molar-refractivity contribution in [1.82, 2.24) is 0 Å². The van der Waals surface area contributed by atoms with E-state index in [1.54, 1.807) is 12.1 Å². The monoisotopic (exact) mass is 449 g/mol. The first-order valence-corrected chi connectivity index (χ1v) is 9.59. The number of ether oxygens (including phenoxy) is 2. The van der Waals surface area contributed by atoms with Crippen molar-refractivity contribution in [2.75, 3.05) is 12.4 Å². The number of alkyl halides is 3. The molecule has 3 aromatic rings. The highest BCUT2D eigenvalue weighted by Crippen LogP contribution is 2.34.